The Bertz CT molecular complexity index is 1210. The molecule has 2 N–H and O–H groups in total. The summed E-state index contributed by atoms with van der Waals surface area (Å²) < 4.78 is 6.06. The van der Waals surface area contributed by atoms with Crippen molar-refractivity contribution in [3.05, 3.63) is 76.0 Å². The minimum absolute atomic E-state index is 0.0529. The van der Waals surface area contributed by atoms with E-state index in [0.717, 1.165) is 16.7 Å². The van der Waals surface area contributed by atoms with E-state index >= 15 is 0 Å². The molecule has 0 bridgehead atoms. The molecular formula is C24H27N5O4. The highest BCUT2D eigenvalue weighted by atomic mass is 16.5. The summed E-state index contributed by atoms with van der Waals surface area (Å²) in [6.07, 6.45) is 0.305. The number of aromatic amines is 2. The normalized spacial score (nSPS) is 18.2. The molecular weight excluding hydrogens is 422 g/mol. The molecule has 0 radical (unpaired) electrons. The standard InChI is InChI=1S/C24H27N5O4/c1-16-5-4-6-19(13-16)18-9-7-17(8-10-18)14-24(22(31)28(2)3)15-29(11-12-33-24)21(30)20-25-23(32)27-26-20/h4-10,13H,11-12,14-15H2,1-3H3,(H2,25,26,27,32). The van der Waals surface area contributed by atoms with Gasteiger partial charge in [-0.15, -0.1) is 5.10 Å². The summed E-state index contributed by atoms with van der Waals surface area (Å²) in [6.45, 7) is 2.60. The summed E-state index contributed by atoms with van der Waals surface area (Å²) in [4.78, 5) is 42.8. The Balaban J connectivity index is 1.60. The van der Waals surface area contributed by atoms with Gasteiger partial charge in [0.2, 0.25) is 5.82 Å². The molecule has 0 saturated carbocycles. The number of hydrogen-bond donors (Lipinski definition) is 2. The van der Waals surface area contributed by atoms with Crippen molar-refractivity contribution < 1.29 is 14.3 Å². The third-order valence-corrected chi connectivity index (χ3v) is 5.77. The molecule has 0 aliphatic carbocycles. The maximum absolute atomic E-state index is 13.2. The monoisotopic (exact) mass is 449 g/mol. The third kappa shape index (κ3) is 4.73. The van der Waals surface area contributed by atoms with Gasteiger partial charge in [-0.05, 0) is 23.6 Å². The molecule has 172 valence electrons. The van der Waals surface area contributed by atoms with Crippen molar-refractivity contribution in [1.82, 2.24) is 25.0 Å². The van der Waals surface area contributed by atoms with Crippen molar-refractivity contribution in [3.63, 3.8) is 0 Å². The van der Waals surface area contributed by atoms with Gasteiger partial charge in [-0.1, -0.05) is 54.1 Å². The summed E-state index contributed by atoms with van der Waals surface area (Å²) >= 11 is 0. The smallest absolute Gasteiger partial charge is 0.341 e. The number of nitrogens with one attached hydrogen (secondary N) is 2. The summed E-state index contributed by atoms with van der Waals surface area (Å²) in [7, 11) is 3.33. The molecule has 1 atom stereocenters. The highest BCUT2D eigenvalue weighted by molar-refractivity contribution is 5.92. The molecule has 1 unspecified atom stereocenters. The summed E-state index contributed by atoms with van der Waals surface area (Å²) in [5.74, 6) is -0.767. The van der Waals surface area contributed by atoms with Gasteiger partial charge in [0.05, 0.1) is 13.2 Å². The van der Waals surface area contributed by atoms with E-state index in [9.17, 15) is 14.4 Å². The molecule has 1 fully saturated rings. The number of morpholine rings is 1. The van der Waals surface area contributed by atoms with Crippen LogP contribution in [0, 0.1) is 6.92 Å². The first-order valence-corrected chi connectivity index (χ1v) is 10.7. The topological polar surface area (TPSA) is 111 Å². The highest BCUT2D eigenvalue weighted by Crippen LogP contribution is 2.28. The van der Waals surface area contributed by atoms with Crippen LogP contribution in [-0.2, 0) is 16.0 Å². The summed E-state index contributed by atoms with van der Waals surface area (Å²) in [5.41, 5.74) is 2.52. The molecule has 4 rings (SSSR count). The van der Waals surface area contributed by atoms with E-state index in [4.69, 9.17) is 4.74 Å². The number of likely N-dealkylation sites (N-methyl/N-ethyl adjacent to an activating group) is 1. The van der Waals surface area contributed by atoms with Crippen molar-refractivity contribution in [2.24, 2.45) is 0 Å². The molecule has 2 heterocycles. The fourth-order valence-electron chi connectivity index (χ4n) is 4.17. The van der Waals surface area contributed by atoms with Crippen molar-refractivity contribution in [3.8, 4) is 11.1 Å². The van der Waals surface area contributed by atoms with Gasteiger partial charge in [0, 0.05) is 27.1 Å². The van der Waals surface area contributed by atoms with Crippen LogP contribution in [0.1, 0.15) is 21.7 Å². The number of aryl methyl sites for hydroxylation is 1. The number of carbonyl (C=O) groups excluding carboxylic acids is 2. The largest absolute Gasteiger partial charge is 0.361 e. The first kappa shape index (κ1) is 22.5. The number of amides is 2. The van der Waals surface area contributed by atoms with Gasteiger partial charge in [0.15, 0.2) is 5.60 Å². The maximum Gasteiger partial charge on any atom is 0.341 e. The minimum atomic E-state index is -1.24. The SMILES string of the molecule is Cc1cccc(-c2ccc(CC3(C(=O)N(C)C)CN(C(=O)c4n[nH]c(=O)[nH]4)CCO3)cc2)c1. The second kappa shape index (κ2) is 9.03. The molecule has 2 aromatic carbocycles. The van der Waals surface area contributed by atoms with E-state index in [1.165, 1.54) is 15.4 Å². The molecule has 0 spiro atoms. The van der Waals surface area contributed by atoms with Gasteiger partial charge in [-0.2, -0.15) is 0 Å². The Morgan fingerprint density at radius 1 is 1.15 bits per heavy atom. The molecule has 33 heavy (non-hydrogen) atoms. The molecule has 1 aliphatic heterocycles. The Hall–Kier alpha value is -3.72. The van der Waals surface area contributed by atoms with E-state index < -0.39 is 17.2 Å². The van der Waals surface area contributed by atoms with Gasteiger partial charge < -0.3 is 14.5 Å². The Morgan fingerprint density at radius 3 is 2.55 bits per heavy atom. The number of carbonyl (C=O) groups is 2. The third-order valence-electron chi connectivity index (χ3n) is 5.77. The Morgan fingerprint density at radius 2 is 1.91 bits per heavy atom. The lowest BCUT2D eigenvalue weighted by Crippen LogP contribution is -2.61. The van der Waals surface area contributed by atoms with Crippen molar-refractivity contribution in [2.45, 2.75) is 18.9 Å². The predicted molar refractivity (Wildman–Crippen MR) is 123 cm³/mol. The molecule has 2 amide bonds. The average molecular weight is 450 g/mol. The Kier molecular flexibility index (Phi) is 6.15. The zero-order valence-corrected chi connectivity index (χ0v) is 18.9. The van der Waals surface area contributed by atoms with Crippen LogP contribution in [0.4, 0.5) is 0 Å². The van der Waals surface area contributed by atoms with Crippen LogP contribution in [0.15, 0.2) is 53.3 Å². The van der Waals surface area contributed by atoms with Gasteiger partial charge in [-0.3, -0.25) is 14.6 Å². The lowest BCUT2D eigenvalue weighted by Gasteiger charge is -2.42. The number of benzene rings is 2. The van der Waals surface area contributed by atoms with E-state index in [2.05, 4.69) is 40.3 Å². The Labute approximate surface area is 191 Å². The molecule has 3 aromatic rings. The summed E-state index contributed by atoms with van der Waals surface area (Å²) in [5, 5.41) is 5.92. The lowest BCUT2D eigenvalue weighted by atomic mass is 9.90. The number of rotatable bonds is 5. The van der Waals surface area contributed by atoms with E-state index in [-0.39, 0.29) is 24.9 Å². The molecule has 9 heteroatoms. The quantitative estimate of drug-likeness (QED) is 0.615. The molecule has 1 aromatic heterocycles. The van der Waals surface area contributed by atoms with E-state index in [1.54, 1.807) is 14.1 Å². The first-order chi connectivity index (χ1) is 15.8. The number of nitrogens with zero attached hydrogens (tertiary/aromatic N) is 3. The molecule has 9 nitrogen and oxygen atoms in total. The van der Waals surface area contributed by atoms with Crippen molar-refractivity contribution in [1.29, 1.82) is 0 Å². The number of H-pyrrole nitrogens is 2. The zero-order chi connectivity index (χ0) is 23.6. The van der Waals surface area contributed by atoms with Gasteiger partial charge in [-0.25, -0.2) is 9.89 Å². The van der Waals surface area contributed by atoms with Crippen LogP contribution in [0.3, 0.4) is 0 Å². The van der Waals surface area contributed by atoms with Gasteiger partial charge in [0.25, 0.3) is 11.8 Å². The first-order valence-electron chi connectivity index (χ1n) is 10.7. The molecule has 1 saturated heterocycles. The van der Waals surface area contributed by atoms with Crippen molar-refractivity contribution in [2.75, 3.05) is 33.8 Å². The predicted octanol–water partition coefficient (Wildman–Crippen LogP) is 1.62. The van der Waals surface area contributed by atoms with Crippen LogP contribution < -0.4 is 5.69 Å². The van der Waals surface area contributed by atoms with Crippen LogP contribution >= 0.6 is 0 Å². The highest BCUT2D eigenvalue weighted by Gasteiger charge is 2.46. The summed E-state index contributed by atoms with van der Waals surface area (Å²) in [6, 6.07) is 16.3. The minimum Gasteiger partial charge on any atom is -0.361 e. The van der Waals surface area contributed by atoms with E-state index in [1.807, 2.05) is 30.3 Å². The van der Waals surface area contributed by atoms with Crippen LogP contribution in [0.2, 0.25) is 0 Å². The second-order valence-corrected chi connectivity index (χ2v) is 8.54. The fourth-order valence-corrected chi connectivity index (χ4v) is 4.17. The molecule has 1 aliphatic rings. The zero-order valence-electron chi connectivity index (χ0n) is 18.9. The average Bonchev–Trinajstić information content (AvgIpc) is 3.25. The fraction of sp³-hybridized carbons (Fsp3) is 0.333. The second-order valence-electron chi connectivity index (χ2n) is 8.54. The van der Waals surface area contributed by atoms with Gasteiger partial charge >= 0.3 is 5.69 Å². The number of ether oxygens (including phenoxy) is 1. The van der Waals surface area contributed by atoms with Gasteiger partial charge in [0.1, 0.15) is 0 Å². The maximum atomic E-state index is 13.2. The van der Waals surface area contributed by atoms with Crippen LogP contribution in [0.5, 0.6) is 0 Å². The van der Waals surface area contributed by atoms with Crippen molar-refractivity contribution >= 4 is 11.8 Å². The lowest BCUT2D eigenvalue weighted by molar-refractivity contribution is -0.165. The van der Waals surface area contributed by atoms with E-state index in [0.29, 0.717) is 13.0 Å². The van der Waals surface area contributed by atoms with Crippen LogP contribution in [-0.4, -0.2) is 76.2 Å². The number of hydrogen-bond acceptors (Lipinski definition) is 5. The van der Waals surface area contributed by atoms with Crippen LogP contribution in [0.25, 0.3) is 11.1 Å². The number of aromatic nitrogens is 3.